The fraction of sp³-hybridized carbons (Fsp3) is 0.200. The summed E-state index contributed by atoms with van der Waals surface area (Å²) >= 11 is 0. The van der Waals surface area contributed by atoms with Gasteiger partial charge in [0.2, 0.25) is 0 Å². The van der Waals surface area contributed by atoms with Crippen molar-refractivity contribution in [3.05, 3.63) is 73.8 Å². The SMILES string of the molecule is Cc1ccccc1CCNc1ccc([N+](=O)[O-])cc1[N+](=O)[O-]. The van der Waals surface area contributed by atoms with Crippen molar-refractivity contribution in [2.45, 2.75) is 13.3 Å². The number of aryl methyl sites for hydroxylation is 1. The first kappa shape index (κ1) is 15.4. The first-order valence-corrected chi connectivity index (χ1v) is 6.70. The number of nitrogens with one attached hydrogen (secondary N) is 1. The number of nitro groups is 2. The third-order valence-electron chi connectivity index (χ3n) is 3.36. The highest BCUT2D eigenvalue weighted by Gasteiger charge is 2.19. The van der Waals surface area contributed by atoms with Crippen molar-refractivity contribution in [2.24, 2.45) is 0 Å². The molecule has 0 aliphatic carbocycles. The largest absolute Gasteiger partial charge is 0.379 e. The van der Waals surface area contributed by atoms with Crippen LogP contribution < -0.4 is 5.32 Å². The van der Waals surface area contributed by atoms with Crippen LogP contribution in [0.25, 0.3) is 0 Å². The van der Waals surface area contributed by atoms with Crippen LogP contribution in [-0.2, 0) is 6.42 Å². The molecule has 0 radical (unpaired) electrons. The third-order valence-corrected chi connectivity index (χ3v) is 3.36. The molecule has 0 spiro atoms. The van der Waals surface area contributed by atoms with Gasteiger partial charge < -0.3 is 5.32 Å². The maximum Gasteiger partial charge on any atom is 0.299 e. The van der Waals surface area contributed by atoms with E-state index in [4.69, 9.17) is 0 Å². The summed E-state index contributed by atoms with van der Waals surface area (Å²) in [7, 11) is 0. The van der Waals surface area contributed by atoms with Gasteiger partial charge in [0.1, 0.15) is 5.69 Å². The Morgan fingerprint density at radius 3 is 2.41 bits per heavy atom. The molecule has 0 aliphatic heterocycles. The summed E-state index contributed by atoms with van der Waals surface area (Å²) in [6.45, 7) is 2.51. The van der Waals surface area contributed by atoms with Crippen molar-refractivity contribution in [1.29, 1.82) is 0 Å². The zero-order valence-corrected chi connectivity index (χ0v) is 12.0. The minimum Gasteiger partial charge on any atom is -0.379 e. The normalized spacial score (nSPS) is 10.2. The van der Waals surface area contributed by atoms with E-state index < -0.39 is 9.85 Å². The molecule has 114 valence electrons. The van der Waals surface area contributed by atoms with E-state index in [0.717, 1.165) is 17.2 Å². The number of benzene rings is 2. The van der Waals surface area contributed by atoms with Gasteiger partial charge in [-0.25, -0.2) is 0 Å². The molecule has 0 saturated carbocycles. The van der Waals surface area contributed by atoms with Crippen LogP contribution in [0.3, 0.4) is 0 Å². The van der Waals surface area contributed by atoms with Gasteiger partial charge in [-0.05, 0) is 30.5 Å². The molecule has 0 aromatic heterocycles. The van der Waals surface area contributed by atoms with Gasteiger partial charge in [-0.2, -0.15) is 0 Å². The fourth-order valence-corrected chi connectivity index (χ4v) is 2.16. The first-order chi connectivity index (χ1) is 10.5. The maximum atomic E-state index is 11.0. The van der Waals surface area contributed by atoms with Gasteiger partial charge in [0, 0.05) is 12.6 Å². The Balaban J connectivity index is 2.11. The Labute approximate surface area is 126 Å². The maximum absolute atomic E-state index is 11.0. The Hall–Kier alpha value is -2.96. The van der Waals surface area contributed by atoms with Crippen molar-refractivity contribution in [3.63, 3.8) is 0 Å². The van der Waals surface area contributed by atoms with Crippen LogP contribution in [0.15, 0.2) is 42.5 Å². The van der Waals surface area contributed by atoms with E-state index in [0.29, 0.717) is 13.0 Å². The zero-order valence-electron chi connectivity index (χ0n) is 12.0. The van der Waals surface area contributed by atoms with E-state index >= 15 is 0 Å². The molecule has 0 saturated heterocycles. The number of anilines is 1. The lowest BCUT2D eigenvalue weighted by atomic mass is 10.1. The molecule has 0 atom stereocenters. The van der Waals surface area contributed by atoms with E-state index in [-0.39, 0.29) is 17.1 Å². The van der Waals surface area contributed by atoms with Gasteiger partial charge in [0.15, 0.2) is 0 Å². The number of hydrogen-bond acceptors (Lipinski definition) is 5. The molecule has 2 rings (SSSR count). The fourth-order valence-electron chi connectivity index (χ4n) is 2.16. The van der Waals surface area contributed by atoms with Crippen molar-refractivity contribution in [1.82, 2.24) is 0 Å². The number of rotatable bonds is 6. The van der Waals surface area contributed by atoms with Gasteiger partial charge >= 0.3 is 0 Å². The summed E-state index contributed by atoms with van der Waals surface area (Å²) < 4.78 is 0. The third kappa shape index (κ3) is 3.57. The molecular weight excluding hydrogens is 286 g/mol. The molecule has 2 aromatic rings. The van der Waals surface area contributed by atoms with Crippen LogP contribution in [-0.4, -0.2) is 16.4 Å². The highest BCUT2D eigenvalue weighted by molar-refractivity contribution is 5.65. The molecule has 0 aliphatic rings. The van der Waals surface area contributed by atoms with Gasteiger partial charge in [-0.1, -0.05) is 24.3 Å². The topological polar surface area (TPSA) is 98.3 Å². The van der Waals surface area contributed by atoms with Crippen LogP contribution >= 0.6 is 0 Å². The molecule has 0 amide bonds. The Bertz CT molecular complexity index is 716. The minimum atomic E-state index is -0.649. The van der Waals surface area contributed by atoms with Crippen LogP contribution in [0.5, 0.6) is 0 Å². The average Bonchev–Trinajstić information content (AvgIpc) is 2.49. The molecule has 22 heavy (non-hydrogen) atoms. The van der Waals surface area contributed by atoms with E-state index in [9.17, 15) is 20.2 Å². The summed E-state index contributed by atoms with van der Waals surface area (Å²) in [6, 6.07) is 11.5. The lowest BCUT2D eigenvalue weighted by Gasteiger charge is -2.08. The van der Waals surface area contributed by atoms with Crippen LogP contribution in [0, 0.1) is 27.2 Å². The van der Waals surface area contributed by atoms with Crippen molar-refractivity contribution in [3.8, 4) is 0 Å². The summed E-state index contributed by atoms with van der Waals surface area (Å²) in [5.41, 5.74) is 2.00. The molecular formula is C15H15N3O4. The minimum absolute atomic E-state index is 0.282. The molecule has 2 aromatic carbocycles. The summed E-state index contributed by atoms with van der Waals surface area (Å²) in [6.07, 6.45) is 0.709. The molecule has 0 heterocycles. The lowest BCUT2D eigenvalue weighted by Crippen LogP contribution is -2.08. The van der Waals surface area contributed by atoms with Gasteiger partial charge in [0.25, 0.3) is 11.4 Å². The second kappa shape index (κ2) is 6.66. The summed E-state index contributed by atoms with van der Waals surface area (Å²) in [4.78, 5) is 20.4. The van der Waals surface area contributed by atoms with E-state index in [1.807, 2.05) is 31.2 Å². The van der Waals surface area contributed by atoms with Gasteiger partial charge in [-0.3, -0.25) is 20.2 Å². The molecule has 7 nitrogen and oxygen atoms in total. The van der Waals surface area contributed by atoms with Crippen LogP contribution in [0.2, 0.25) is 0 Å². The highest BCUT2D eigenvalue weighted by Crippen LogP contribution is 2.28. The Morgan fingerprint density at radius 2 is 1.77 bits per heavy atom. The highest BCUT2D eigenvalue weighted by atomic mass is 16.6. The first-order valence-electron chi connectivity index (χ1n) is 6.70. The van der Waals surface area contributed by atoms with E-state index in [1.54, 1.807) is 0 Å². The van der Waals surface area contributed by atoms with E-state index in [2.05, 4.69) is 5.32 Å². The Morgan fingerprint density at radius 1 is 1.05 bits per heavy atom. The standard InChI is InChI=1S/C15H15N3O4/c1-11-4-2-3-5-12(11)8-9-16-14-7-6-13(17(19)20)10-15(14)18(21)22/h2-7,10,16H,8-9H2,1H3. The zero-order chi connectivity index (χ0) is 16.1. The molecule has 0 bridgehead atoms. The van der Waals surface area contributed by atoms with Crippen LogP contribution in [0.1, 0.15) is 11.1 Å². The second-order valence-electron chi connectivity index (χ2n) is 4.82. The van der Waals surface area contributed by atoms with Crippen molar-refractivity contribution >= 4 is 17.1 Å². The monoisotopic (exact) mass is 301 g/mol. The van der Waals surface area contributed by atoms with Crippen LogP contribution in [0.4, 0.5) is 17.1 Å². The van der Waals surface area contributed by atoms with Gasteiger partial charge in [-0.15, -0.1) is 0 Å². The summed E-state index contributed by atoms with van der Waals surface area (Å²) in [5.74, 6) is 0. The lowest BCUT2D eigenvalue weighted by molar-refractivity contribution is -0.393. The molecule has 0 fully saturated rings. The van der Waals surface area contributed by atoms with Gasteiger partial charge in [0.05, 0.1) is 15.9 Å². The number of nitrogens with zero attached hydrogens (tertiary/aromatic N) is 2. The van der Waals surface area contributed by atoms with E-state index in [1.165, 1.54) is 12.1 Å². The van der Waals surface area contributed by atoms with Crippen molar-refractivity contribution in [2.75, 3.05) is 11.9 Å². The molecule has 7 heteroatoms. The number of non-ortho nitro benzene ring substituents is 1. The van der Waals surface area contributed by atoms with Crippen molar-refractivity contribution < 1.29 is 9.85 Å². The number of hydrogen-bond donors (Lipinski definition) is 1. The molecule has 0 unspecified atom stereocenters. The predicted octanol–water partition coefficient (Wildman–Crippen LogP) is 3.47. The quantitative estimate of drug-likeness (QED) is 0.650. The second-order valence-corrected chi connectivity index (χ2v) is 4.82. The summed E-state index contributed by atoms with van der Waals surface area (Å²) in [5, 5.41) is 24.7. The Kier molecular flexibility index (Phi) is 4.67. The smallest absolute Gasteiger partial charge is 0.299 e. The average molecular weight is 301 g/mol. The number of nitro benzene ring substituents is 2. The molecule has 1 N–H and O–H groups in total. The predicted molar refractivity (Wildman–Crippen MR) is 83.1 cm³/mol.